The molecular weight excluding hydrogens is 360 g/mol. The molecule has 0 radical (unpaired) electrons. The molecule has 1 aromatic carbocycles. The van der Waals surface area contributed by atoms with Gasteiger partial charge in [0.2, 0.25) is 0 Å². The molecule has 0 saturated heterocycles. The first-order valence-electron chi connectivity index (χ1n) is 9.33. The summed E-state index contributed by atoms with van der Waals surface area (Å²) >= 11 is 0. The molecule has 0 fully saturated rings. The predicted octanol–water partition coefficient (Wildman–Crippen LogP) is 3.48. The lowest BCUT2D eigenvalue weighted by Crippen LogP contribution is -2.32. The lowest BCUT2D eigenvalue weighted by atomic mass is 9.97. The fourth-order valence-electron chi connectivity index (χ4n) is 2.58. The van der Waals surface area contributed by atoms with Gasteiger partial charge < -0.3 is 19.8 Å². The minimum absolute atomic E-state index is 0.0481. The molecule has 0 bridgehead atoms. The maximum Gasteiger partial charge on any atom is 0.308 e. The first-order valence-corrected chi connectivity index (χ1v) is 9.33. The molecular formula is C21H26N2O5. The highest BCUT2D eigenvalue weighted by molar-refractivity contribution is 5.96. The number of rotatable bonds is 9. The van der Waals surface area contributed by atoms with Gasteiger partial charge in [-0.25, -0.2) is 0 Å². The second-order valence-corrected chi connectivity index (χ2v) is 6.50. The maximum absolute atomic E-state index is 12.4. The number of furan rings is 1. The van der Waals surface area contributed by atoms with E-state index in [2.05, 4.69) is 24.5 Å². The smallest absolute Gasteiger partial charge is 0.308 e. The van der Waals surface area contributed by atoms with E-state index in [9.17, 15) is 14.4 Å². The summed E-state index contributed by atoms with van der Waals surface area (Å²) in [6, 6.07) is 10.7. The highest BCUT2D eigenvalue weighted by Crippen LogP contribution is 2.26. The molecule has 2 aromatic rings. The molecule has 1 heterocycles. The van der Waals surface area contributed by atoms with Crippen molar-refractivity contribution in [3.63, 3.8) is 0 Å². The molecule has 1 aromatic heterocycles. The summed E-state index contributed by atoms with van der Waals surface area (Å²) in [7, 11) is 0. The lowest BCUT2D eigenvalue weighted by molar-refractivity contribution is -0.153. The number of amides is 2. The van der Waals surface area contributed by atoms with Crippen LogP contribution in [0.4, 0.5) is 5.69 Å². The average molecular weight is 386 g/mol. The van der Waals surface area contributed by atoms with Gasteiger partial charge in [0.25, 0.3) is 11.8 Å². The summed E-state index contributed by atoms with van der Waals surface area (Å²) in [6.45, 7) is 5.77. The molecule has 150 valence electrons. The van der Waals surface area contributed by atoms with E-state index in [1.54, 1.807) is 6.07 Å². The Hall–Kier alpha value is -3.09. The summed E-state index contributed by atoms with van der Waals surface area (Å²) in [6.07, 6.45) is 1.34. The molecule has 2 atom stereocenters. The number of hydrogen-bond acceptors (Lipinski definition) is 5. The summed E-state index contributed by atoms with van der Waals surface area (Å²) in [4.78, 5) is 36.0. The van der Waals surface area contributed by atoms with Crippen molar-refractivity contribution in [1.29, 1.82) is 0 Å². The van der Waals surface area contributed by atoms with E-state index in [1.807, 2.05) is 24.3 Å². The van der Waals surface area contributed by atoms with Crippen molar-refractivity contribution < 1.29 is 23.5 Å². The van der Waals surface area contributed by atoms with Crippen molar-refractivity contribution in [3.8, 4) is 0 Å². The first kappa shape index (κ1) is 21.2. The van der Waals surface area contributed by atoms with Gasteiger partial charge in [-0.2, -0.15) is 0 Å². The van der Waals surface area contributed by atoms with Gasteiger partial charge in [-0.3, -0.25) is 14.4 Å². The minimum atomic E-state index is -0.946. The molecule has 0 saturated carbocycles. The Labute approximate surface area is 164 Å². The van der Waals surface area contributed by atoms with Crippen molar-refractivity contribution in [1.82, 2.24) is 5.32 Å². The third-order valence-electron chi connectivity index (χ3n) is 4.40. The van der Waals surface area contributed by atoms with Gasteiger partial charge >= 0.3 is 5.97 Å². The monoisotopic (exact) mass is 386 g/mol. The van der Waals surface area contributed by atoms with Crippen LogP contribution in [0.1, 0.15) is 55.6 Å². The molecule has 0 aliphatic heterocycles. The molecule has 7 heteroatoms. The van der Waals surface area contributed by atoms with Gasteiger partial charge in [-0.1, -0.05) is 32.0 Å². The van der Waals surface area contributed by atoms with Gasteiger partial charge in [0.05, 0.1) is 12.7 Å². The number of carbonyl (C=O) groups is 3. The zero-order valence-electron chi connectivity index (χ0n) is 16.4. The Morgan fingerprint density at radius 2 is 1.86 bits per heavy atom. The Bertz CT molecular complexity index is 801. The SMILES string of the molecule is CC[C@H](C)c1ccccc1NC(=O)[C@@H](C)OC(=O)CCNC(=O)c1ccco1. The highest BCUT2D eigenvalue weighted by Gasteiger charge is 2.20. The van der Waals surface area contributed by atoms with Crippen LogP contribution < -0.4 is 10.6 Å². The van der Waals surface area contributed by atoms with Gasteiger partial charge in [-0.05, 0) is 43.0 Å². The second-order valence-electron chi connectivity index (χ2n) is 6.50. The summed E-state index contributed by atoms with van der Waals surface area (Å²) in [5.74, 6) is -0.917. The largest absolute Gasteiger partial charge is 0.459 e. The average Bonchev–Trinajstić information content (AvgIpc) is 3.22. The van der Waals surface area contributed by atoms with Crippen LogP contribution >= 0.6 is 0 Å². The molecule has 0 aliphatic rings. The van der Waals surface area contributed by atoms with Crippen LogP contribution in [-0.4, -0.2) is 30.4 Å². The molecule has 0 unspecified atom stereocenters. The Kier molecular flexibility index (Phi) is 7.80. The van der Waals surface area contributed by atoms with Crippen molar-refractivity contribution in [2.75, 3.05) is 11.9 Å². The number of benzene rings is 1. The Balaban J connectivity index is 1.80. The van der Waals surface area contributed by atoms with Crippen LogP contribution in [0.25, 0.3) is 0 Å². The third-order valence-corrected chi connectivity index (χ3v) is 4.40. The normalized spacial score (nSPS) is 12.7. The minimum Gasteiger partial charge on any atom is -0.459 e. The molecule has 0 spiro atoms. The fraction of sp³-hybridized carbons (Fsp3) is 0.381. The van der Waals surface area contributed by atoms with Crippen LogP contribution in [0.2, 0.25) is 0 Å². The van der Waals surface area contributed by atoms with Crippen LogP contribution in [0, 0.1) is 0 Å². The topological polar surface area (TPSA) is 97.6 Å². The van der Waals surface area contributed by atoms with E-state index in [0.29, 0.717) is 5.92 Å². The molecule has 7 nitrogen and oxygen atoms in total. The number of anilines is 1. The lowest BCUT2D eigenvalue weighted by Gasteiger charge is -2.18. The van der Waals surface area contributed by atoms with E-state index < -0.39 is 23.9 Å². The Morgan fingerprint density at radius 3 is 2.54 bits per heavy atom. The van der Waals surface area contributed by atoms with Gasteiger partial charge in [0.1, 0.15) is 0 Å². The van der Waals surface area contributed by atoms with Crippen molar-refractivity contribution in [3.05, 3.63) is 54.0 Å². The van der Waals surface area contributed by atoms with Crippen LogP contribution in [0.3, 0.4) is 0 Å². The summed E-state index contributed by atoms with van der Waals surface area (Å²) in [5.41, 5.74) is 1.76. The maximum atomic E-state index is 12.4. The summed E-state index contributed by atoms with van der Waals surface area (Å²) < 4.78 is 10.1. The highest BCUT2D eigenvalue weighted by atomic mass is 16.5. The van der Waals surface area contributed by atoms with Crippen molar-refractivity contribution in [2.24, 2.45) is 0 Å². The number of para-hydroxylation sites is 1. The molecule has 0 aliphatic carbocycles. The number of esters is 1. The Morgan fingerprint density at radius 1 is 1.11 bits per heavy atom. The zero-order valence-corrected chi connectivity index (χ0v) is 16.4. The number of nitrogens with one attached hydrogen (secondary N) is 2. The number of ether oxygens (including phenoxy) is 1. The second kappa shape index (κ2) is 10.3. The van der Waals surface area contributed by atoms with Crippen molar-refractivity contribution >= 4 is 23.5 Å². The van der Waals surface area contributed by atoms with Crippen LogP contribution in [0.5, 0.6) is 0 Å². The van der Waals surface area contributed by atoms with E-state index in [0.717, 1.165) is 17.7 Å². The standard InChI is InChI=1S/C21H26N2O5/c1-4-14(2)16-8-5-6-9-17(16)23-20(25)15(3)28-19(24)11-12-22-21(26)18-10-7-13-27-18/h5-10,13-15H,4,11-12H2,1-3H3,(H,22,26)(H,23,25)/t14-,15+/m0/s1. The predicted molar refractivity (Wildman–Crippen MR) is 105 cm³/mol. The van der Waals surface area contributed by atoms with Crippen LogP contribution in [-0.2, 0) is 14.3 Å². The number of hydrogen-bond donors (Lipinski definition) is 2. The van der Waals surface area contributed by atoms with Gasteiger partial charge in [0, 0.05) is 12.2 Å². The molecule has 2 rings (SSSR count). The molecule has 2 amide bonds. The van der Waals surface area contributed by atoms with E-state index in [1.165, 1.54) is 19.3 Å². The molecule has 28 heavy (non-hydrogen) atoms. The van der Waals surface area contributed by atoms with Gasteiger partial charge in [0.15, 0.2) is 11.9 Å². The fourth-order valence-corrected chi connectivity index (χ4v) is 2.58. The zero-order chi connectivity index (χ0) is 20.5. The summed E-state index contributed by atoms with van der Waals surface area (Å²) in [5, 5.41) is 5.38. The van der Waals surface area contributed by atoms with E-state index in [-0.39, 0.29) is 18.7 Å². The number of carbonyl (C=O) groups excluding carboxylic acids is 3. The quantitative estimate of drug-likeness (QED) is 0.643. The molecule has 2 N–H and O–H groups in total. The van der Waals surface area contributed by atoms with E-state index >= 15 is 0 Å². The van der Waals surface area contributed by atoms with E-state index in [4.69, 9.17) is 9.15 Å². The van der Waals surface area contributed by atoms with Crippen molar-refractivity contribution in [2.45, 2.75) is 45.6 Å². The third kappa shape index (κ3) is 5.97. The van der Waals surface area contributed by atoms with Crippen LogP contribution in [0.15, 0.2) is 47.1 Å². The first-order chi connectivity index (χ1) is 13.4. The van der Waals surface area contributed by atoms with Gasteiger partial charge in [-0.15, -0.1) is 0 Å².